The van der Waals surface area contributed by atoms with Crippen LogP contribution in [0.25, 0.3) is 0 Å². The van der Waals surface area contributed by atoms with Crippen molar-refractivity contribution in [2.45, 2.75) is 25.6 Å². The summed E-state index contributed by atoms with van der Waals surface area (Å²) in [6, 6.07) is 9.86. The van der Waals surface area contributed by atoms with Crippen LogP contribution >= 0.6 is 11.6 Å². The molecule has 1 aromatic carbocycles. The average molecular weight is 343 g/mol. The van der Waals surface area contributed by atoms with E-state index < -0.39 is 11.7 Å². The van der Waals surface area contributed by atoms with Gasteiger partial charge >= 0.3 is 6.18 Å². The van der Waals surface area contributed by atoms with Gasteiger partial charge in [0.2, 0.25) is 5.91 Å². The summed E-state index contributed by atoms with van der Waals surface area (Å²) < 4.78 is 37.6. The van der Waals surface area contributed by atoms with E-state index in [2.05, 4.69) is 10.3 Å². The molecule has 0 unspecified atom stereocenters. The van der Waals surface area contributed by atoms with E-state index in [1.165, 1.54) is 0 Å². The molecular weight excluding hydrogens is 329 g/mol. The van der Waals surface area contributed by atoms with Crippen LogP contribution in [0.5, 0.6) is 0 Å². The standard InChI is InChI=1S/C16H14ClF3N2O/c1-10(11-5-3-2-4-6-11)22-15(23)8-14-13(17)7-12(9-21-14)16(18,19)20/h2-7,9-10H,8H2,1H3,(H,22,23)/t10-/m0/s1. The summed E-state index contributed by atoms with van der Waals surface area (Å²) in [6.45, 7) is 1.81. The Morgan fingerprint density at radius 3 is 2.52 bits per heavy atom. The van der Waals surface area contributed by atoms with E-state index >= 15 is 0 Å². The van der Waals surface area contributed by atoms with Crippen molar-refractivity contribution in [1.29, 1.82) is 0 Å². The molecule has 3 nitrogen and oxygen atoms in total. The molecule has 0 bridgehead atoms. The van der Waals surface area contributed by atoms with Crippen LogP contribution in [0.15, 0.2) is 42.6 Å². The van der Waals surface area contributed by atoms with Crippen molar-refractivity contribution in [3.8, 4) is 0 Å². The summed E-state index contributed by atoms with van der Waals surface area (Å²) in [6.07, 6.45) is -4.03. The van der Waals surface area contributed by atoms with Gasteiger partial charge in [0.15, 0.2) is 0 Å². The minimum atomic E-state index is -4.51. The Hall–Kier alpha value is -2.08. The number of carbonyl (C=O) groups is 1. The molecule has 0 aliphatic heterocycles. The number of nitrogens with zero attached hydrogens (tertiary/aromatic N) is 1. The van der Waals surface area contributed by atoms with E-state index in [0.717, 1.165) is 11.6 Å². The number of nitrogens with one attached hydrogen (secondary N) is 1. The van der Waals surface area contributed by atoms with Crippen LogP contribution in [0.2, 0.25) is 5.02 Å². The summed E-state index contributed by atoms with van der Waals surface area (Å²) >= 11 is 5.79. The van der Waals surface area contributed by atoms with Crippen molar-refractivity contribution in [1.82, 2.24) is 10.3 Å². The quantitative estimate of drug-likeness (QED) is 0.906. The predicted molar refractivity (Wildman–Crippen MR) is 81.0 cm³/mol. The van der Waals surface area contributed by atoms with Gasteiger partial charge in [-0.2, -0.15) is 13.2 Å². The van der Waals surface area contributed by atoms with Gasteiger partial charge in [0, 0.05) is 6.20 Å². The second kappa shape index (κ2) is 7.00. The third-order valence-electron chi connectivity index (χ3n) is 3.25. The molecule has 1 atom stereocenters. The number of pyridine rings is 1. The lowest BCUT2D eigenvalue weighted by Gasteiger charge is -2.14. The van der Waals surface area contributed by atoms with Crippen LogP contribution in [-0.4, -0.2) is 10.9 Å². The topological polar surface area (TPSA) is 42.0 Å². The molecule has 0 saturated carbocycles. The molecule has 0 aliphatic rings. The molecule has 0 spiro atoms. The number of alkyl halides is 3. The predicted octanol–water partition coefficient (Wildman–Crippen LogP) is 4.17. The maximum Gasteiger partial charge on any atom is 0.417 e. The lowest BCUT2D eigenvalue weighted by molar-refractivity contribution is -0.137. The minimum absolute atomic E-state index is 0.109. The van der Waals surface area contributed by atoms with E-state index in [1.807, 2.05) is 37.3 Å². The second-order valence-corrected chi connectivity index (χ2v) is 5.43. The van der Waals surface area contributed by atoms with E-state index in [4.69, 9.17) is 11.6 Å². The van der Waals surface area contributed by atoms with Crippen molar-refractivity contribution < 1.29 is 18.0 Å². The Balaban J connectivity index is 2.03. The summed E-state index contributed by atoms with van der Waals surface area (Å²) in [7, 11) is 0. The number of halogens is 4. The van der Waals surface area contributed by atoms with Crippen LogP contribution in [0.3, 0.4) is 0 Å². The zero-order valence-corrected chi connectivity index (χ0v) is 12.9. The molecule has 1 aromatic heterocycles. The van der Waals surface area contributed by atoms with Crippen molar-refractivity contribution >= 4 is 17.5 Å². The van der Waals surface area contributed by atoms with Gasteiger partial charge in [-0.05, 0) is 18.6 Å². The Labute approximate surface area is 136 Å². The summed E-state index contributed by atoms with van der Waals surface area (Å²) in [5.74, 6) is -0.365. The number of amides is 1. The molecule has 122 valence electrons. The van der Waals surface area contributed by atoms with Crippen LogP contribution in [0.1, 0.15) is 29.8 Å². The molecule has 0 saturated heterocycles. The fourth-order valence-electron chi connectivity index (χ4n) is 2.02. The maximum atomic E-state index is 12.5. The van der Waals surface area contributed by atoms with Crippen LogP contribution in [-0.2, 0) is 17.4 Å². The van der Waals surface area contributed by atoms with Gasteiger partial charge < -0.3 is 5.32 Å². The number of hydrogen-bond acceptors (Lipinski definition) is 2. The number of aromatic nitrogens is 1. The van der Waals surface area contributed by atoms with Gasteiger partial charge in [-0.1, -0.05) is 41.9 Å². The zero-order chi connectivity index (χ0) is 17.0. The molecular formula is C16H14ClF3N2O. The van der Waals surface area contributed by atoms with Gasteiger partial charge in [0.05, 0.1) is 28.7 Å². The summed E-state index contributed by atoms with van der Waals surface area (Å²) in [5, 5.41) is 2.58. The van der Waals surface area contributed by atoms with Crippen molar-refractivity contribution in [3.63, 3.8) is 0 Å². The first-order valence-corrected chi connectivity index (χ1v) is 7.21. The lowest BCUT2D eigenvalue weighted by Crippen LogP contribution is -2.28. The Morgan fingerprint density at radius 1 is 1.30 bits per heavy atom. The first-order chi connectivity index (χ1) is 10.8. The smallest absolute Gasteiger partial charge is 0.349 e. The van der Waals surface area contributed by atoms with Gasteiger partial charge in [-0.25, -0.2) is 0 Å². The van der Waals surface area contributed by atoms with Gasteiger partial charge in [-0.15, -0.1) is 0 Å². The van der Waals surface area contributed by atoms with Crippen LogP contribution < -0.4 is 5.32 Å². The van der Waals surface area contributed by atoms with Gasteiger partial charge in [-0.3, -0.25) is 9.78 Å². The Morgan fingerprint density at radius 2 is 1.96 bits per heavy atom. The molecule has 0 aliphatic carbocycles. The largest absolute Gasteiger partial charge is 0.417 e. The van der Waals surface area contributed by atoms with Crippen molar-refractivity contribution in [2.24, 2.45) is 0 Å². The van der Waals surface area contributed by atoms with Crippen LogP contribution in [0, 0.1) is 0 Å². The number of benzene rings is 1. The molecule has 1 amide bonds. The molecule has 1 heterocycles. The fraction of sp³-hybridized carbons (Fsp3) is 0.250. The molecule has 1 N–H and O–H groups in total. The van der Waals surface area contributed by atoms with Crippen molar-refractivity contribution in [2.75, 3.05) is 0 Å². The Bertz CT molecular complexity index is 689. The van der Waals surface area contributed by atoms with E-state index in [0.29, 0.717) is 6.20 Å². The van der Waals surface area contributed by atoms with E-state index in [9.17, 15) is 18.0 Å². The molecule has 2 rings (SSSR count). The maximum absolute atomic E-state index is 12.5. The zero-order valence-electron chi connectivity index (χ0n) is 12.2. The number of rotatable bonds is 4. The van der Waals surface area contributed by atoms with E-state index in [-0.39, 0.29) is 29.1 Å². The third kappa shape index (κ3) is 4.69. The summed E-state index contributed by atoms with van der Waals surface area (Å²) in [5.41, 5.74) is 0.0917. The van der Waals surface area contributed by atoms with Gasteiger partial charge in [0.25, 0.3) is 0 Å². The highest BCUT2D eigenvalue weighted by Crippen LogP contribution is 2.31. The van der Waals surface area contributed by atoms with Crippen molar-refractivity contribution in [3.05, 3.63) is 64.4 Å². The second-order valence-electron chi connectivity index (χ2n) is 5.03. The lowest BCUT2D eigenvalue weighted by atomic mass is 10.1. The van der Waals surface area contributed by atoms with E-state index in [1.54, 1.807) is 0 Å². The SMILES string of the molecule is C[C@H](NC(=O)Cc1ncc(C(F)(F)F)cc1Cl)c1ccccc1. The number of carbonyl (C=O) groups excluding carboxylic acids is 1. The highest BCUT2D eigenvalue weighted by atomic mass is 35.5. The third-order valence-corrected chi connectivity index (χ3v) is 3.58. The highest BCUT2D eigenvalue weighted by Gasteiger charge is 2.31. The average Bonchev–Trinajstić information content (AvgIpc) is 2.49. The molecule has 2 aromatic rings. The minimum Gasteiger partial charge on any atom is -0.349 e. The molecule has 0 radical (unpaired) electrons. The first kappa shape index (κ1) is 17.3. The molecule has 23 heavy (non-hydrogen) atoms. The molecule has 7 heteroatoms. The monoisotopic (exact) mass is 342 g/mol. The fourth-order valence-corrected chi connectivity index (χ4v) is 2.25. The Kier molecular flexibility index (Phi) is 5.26. The molecule has 0 fully saturated rings. The summed E-state index contributed by atoms with van der Waals surface area (Å²) in [4.78, 5) is 15.7. The number of hydrogen-bond donors (Lipinski definition) is 1. The first-order valence-electron chi connectivity index (χ1n) is 6.83. The van der Waals surface area contributed by atoms with Crippen LogP contribution in [0.4, 0.5) is 13.2 Å². The van der Waals surface area contributed by atoms with Gasteiger partial charge in [0.1, 0.15) is 0 Å². The normalized spacial score (nSPS) is 12.7. The highest BCUT2D eigenvalue weighted by molar-refractivity contribution is 6.31.